The van der Waals surface area contributed by atoms with E-state index in [0.29, 0.717) is 0 Å². The van der Waals surface area contributed by atoms with Crippen LogP contribution in [0.1, 0.15) is 78.4 Å². The molecule has 2 unspecified atom stereocenters. The zero-order valence-corrected chi connectivity index (χ0v) is 17.3. The third-order valence-corrected chi connectivity index (χ3v) is 5.77. The normalized spacial score (nSPS) is 20.3. The summed E-state index contributed by atoms with van der Waals surface area (Å²) >= 11 is 0. The Balaban J connectivity index is 0.000000281. The maximum Gasteiger partial charge on any atom is 0.0314 e. The molecule has 164 valence electrons. The highest BCUT2D eigenvalue weighted by molar-refractivity contribution is 5.68. The lowest BCUT2D eigenvalue weighted by molar-refractivity contribution is 0.536. The van der Waals surface area contributed by atoms with Gasteiger partial charge in [0, 0.05) is 11.4 Å². The van der Waals surface area contributed by atoms with E-state index < -0.39 is 0 Å². The van der Waals surface area contributed by atoms with Gasteiger partial charge in [-0.3, -0.25) is 0 Å². The summed E-state index contributed by atoms with van der Waals surface area (Å²) in [5, 5.41) is 0. The van der Waals surface area contributed by atoms with Crippen LogP contribution in [0.3, 0.4) is 0 Å². The largest absolute Gasteiger partial charge is 0.399 e. The molecule has 2 aliphatic rings. The molecule has 0 saturated carbocycles. The van der Waals surface area contributed by atoms with Crippen molar-refractivity contribution in [3.8, 4) is 0 Å². The van der Waals surface area contributed by atoms with E-state index in [2.05, 4.69) is 50.3 Å². The zero-order valence-electron chi connectivity index (χ0n) is 17.3. The van der Waals surface area contributed by atoms with Crippen molar-refractivity contribution in [1.82, 2.24) is 0 Å². The zero-order chi connectivity index (χ0) is 19.9. The van der Waals surface area contributed by atoms with Crippen LogP contribution < -0.4 is 11.5 Å². The van der Waals surface area contributed by atoms with Crippen LogP contribution in [0.15, 0.2) is 60.7 Å². The molecule has 0 fully saturated rings. The molecule has 2 nitrogen and oxygen atoms in total. The Morgan fingerprint density at radius 3 is 1.77 bits per heavy atom. The third-order valence-electron chi connectivity index (χ3n) is 5.77. The fourth-order valence-corrected chi connectivity index (χ4v) is 4.10. The van der Waals surface area contributed by atoms with Crippen LogP contribution in [-0.2, 0) is 0 Å². The first-order valence-electron chi connectivity index (χ1n) is 10.6. The smallest absolute Gasteiger partial charge is 0.0314 e. The molecule has 0 spiro atoms. The Kier molecular flexibility index (Phi) is 10.5. The maximum atomic E-state index is 5.66. The highest BCUT2D eigenvalue weighted by atomic mass is 14.5. The first-order chi connectivity index (χ1) is 13.5. The van der Waals surface area contributed by atoms with E-state index in [4.69, 9.17) is 11.5 Å². The number of rotatable bonds is 2. The molecular formula is C28H42N2. The Hall–Kier alpha value is -2.48. The van der Waals surface area contributed by atoms with Crippen molar-refractivity contribution < 1.29 is 0 Å². The van der Waals surface area contributed by atoms with Gasteiger partial charge in [0.1, 0.15) is 0 Å². The van der Waals surface area contributed by atoms with E-state index in [0.717, 1.165) is 23.2 Å². The van der Waals surface area contributed by atoms with Crippen molar-refractivity contribution in [2.45, 2.75) is 67.2 Å². The second kappa shape index (κ2) is 12.3. The third kappa shape index (κ3) is 7.40. The second-order valence-corrected chi connectivity index (χ2v) is 8.42. The minimum atomic E-state index is 0. The lowest BCUT2D eigenvalue weighted by Gasteiger charge is -2.19. The van der Waals surface area contributed by atoms with E-state index >= 15 is 0 Å². The number of hydrogen-bond acceptors (Lipinski definition) is 2. The summed E-state index contributed by atoms with van der Waals surface area (Å²) in [6.07, 6.45) is 12.4. The molecule has 0 aliphatic heterocycles. The Morgan fingerprint density at radius 1 is 0.733 bits per heavy atom. The molecule has 2 aliphatic carbocycles. The predicted molar refractivity (Wildman–Crippen MR) is 137 cm³/mol. The van der Waals surface area contributed by atoms with Crippen molar-refractivity contribution in [2.24, 2.45) is 11.8 Å². The van der Waals surface area contributed by atoms with Crippen LogP contribution in [-0.4, -0.2) is 0 Å². The minimum Gasteiger partial charge on any atom is -0.399 e. The number of hydrogen-bond donors (Lipinski definition) is 2. The van der Waals surface area contributed by atoms with Gasteiger partial charge in [-0.25, -0.2) is 0 Å². The summed E-state index contributed by atoms with van der Waals surface area (Å²) in [5.74, 6) is 1.56. The monoisotopic (exact) mass is 406 g/mol. The van der Waals surface area contributed by atoms with Gasteiger partial charge in [-0.2, -0.15) is 0 Å². The minimum absolute atomic E-state index is 0. The number of nitrogens with two attached hydrogens (primary N) is 2. The van der Waals surface area contributed by atoms with E-state index in [1.807, 2.05) is 24.3 Å². The van der Waals surface area contributed by atoms with Crippen molar-refractivity contribution >= 4 is 22.5 Å². The molecule has 30 heavy (non-hydrogen) atoms. The molecule has 0 saturated heterocycles. The molecule has 0 radical (unpaired) electrons. The molecule has 0 amide bonds. The average Bonchev–Trinajstić information content (AvgIpc) is 2.70. The van der Waals surface area contributed by atoms with Gasteiger partial charge >= 0.3 is 0 Å². The van der Waals surface area contributed by atoms with Gasteiger partial charge in [0.05, 0.1) is 0 Å². The molecule has 4 rings (SSSR count). The highest BCUT2D eigenvalue weighted by Gasteiger charge is 2.12. The Labute approximate surface area is 185 Å². The molecule has 2 aromatic rings. The molecule has 4 N–H and O–H groups in total. The predicted octanol–water partition coefficient (Wildman–Crippen LogP) is 8.22. The first kappa shape index (κ1) is 25.6. The van der Waals surface area contributed by atoms with Crippen LogP contribution in [0.25, 0.3) is 11.1 Å². The fraction of sp³-hybridized carbons (Fsp3) is 0.429. The van der Waals surface area contributed by atoms with E-state index in [1.165, 1.54) is 60.8 Å². The summed E-state index contributed by atoms with van der Waals surface area (Å²) in [6.45, 7) is 4.61. The summed E-state index contributed by atoms with van der Waals surface area (Å²) in [4.78, 5) is 0. The van der Waals surface area contributed by atoms with Crippen LogP contribution in [0.2, 0.25) is 0 Å². The van der Waals surface area contributed by atoms with Gasteiger partial charge in [0.25, 0.3) is 0 Å². The topological polar surface area (TPSA) is 52.0 Å². The SMILES string of the molecule is C.C.CC1C=C(c2ccc(N)cc2)CCC1.CC1CCC=C(c2ccc(N)cc2)C1. The van der Waals surface area contributed by atoms with Crippen LogP contribution in [0.5, 0.6) is 0 Å². The number of benzene rings is 2. The van der Waals surface area contributed by atoms with E-state index in [1.54, 1.807) is 0 Å². The Morgan fingerprint density at radius 2 is 1.27 bits per heavy atom. The van der Waals surface area contributed by atoms with Crippen LogP contribution >= 0.6 is 0 Å². The number of anilines is 2. The molecule has 0 heterocycles. The van der Waals surface area contributed by atoms with Gasteiger partial charge in [-0.05, 0) is 96.9 Å². The number of nitrogen functional groups attached to an aromatic ring is 2. The lowest BCUT2D eigenvalue weighted by Crippen LogP contribution is -2.01. The van der Waals surface area contributed by atoms with Gasteiger partial charge in [-0.1, -0.05) is 65.1 Å². The summed E-state index contributed by atoms with van der Waals surface area (Å²) in [5.41, 5.74) is 18.7. The molecule has 0 aromatic heterocycles. The number of allylic oxidation sites excluding steroid dienone is 4. The van der Waals surface area contributed by atoms with Crippen molar-refractivity contribution in [3.05, 3.63) is 71.8 Å². The van der Waals surface area contributed by atoms with Gasteiger partial charge in [0.15, 0.2) is 0 Å². The van der Waals surface area contributed by atoms with E-state index in [9.17, 15) is 0 Å². The standard InChI is InChI=1S/2C13H17N.2CH4/c2*1-10-3-2-4-12(9-10)11-5-7-13(14)8-6-11;;/h5-10H,2-4,14H2,1H3;4-8,10H,2-3,9,14H2,1H3;2*1H4. The van der Waals surface area contributed by atoms with Crippen molar-refractivity contribution in [3.63, 3.8) is 0 Å². The van der Waals surface area contributed by atoms with Gasteiger partial charge < -0.3 is 11.5 Å². The maximum absolute atomic E-state index is 5.66. The molecule has 2 aromatic carbocycles. The van der Waals surface area contributed by atoms with Crippen LogP contribution in [0, 0.1) is 11.8 Å². The average molecular weight is 407 g/mol. The molecule has 2 heteroatoms. The molecular weight excluding hydrogens is 364 g/mol. The van der Waals surface area contributed by atoms with Gasteiger partial charge in [0.2, 0.25) is 0 Å². The highest BCUT2D eigenvalue weighted by Crippen LogP contribution is 2.31. The van der Waals surface area contributed by atoms with Crippen molar-refractivity contribution in [2.75, 3.05) is 11.5 Å². The Bertz CT molecular complexity index is 813. The van der Waals surface area contributed by atoms with Gasteiger partial charge in [-0.15, -0.1) is 0 Å². The summed E-state index contributed by atoms with van der Waals surface area (Å²) < 4.78 is 0. The molecule has 0 bridgehead atoms. The molecule has 2 atom stereocenters. The quantitative estimate of drug-likeness (QED) is 0.493. The summed E-state index contributed by atoms with van der Waals surface area (Å²) in [7, 11) is 0. The second-order valence-electron chi connectivity index (χ2n) is 8.42. The lowest BCUT2D eigenvalue weighted by atomic mass is 9.87. The summed E-state index contributed by atoms with van der Waals surface area (Å²) in [6, 6.07) is 16.4. The van der Waals surface area contributed by atoms with Crippen LogP contribution in [0.4, 0.5) is 11.4 Å². The fourth-order valence-electron chi connectivity index (χ4n) is 4.10. The van der Waals surface area contributed by atoms with Crippen molar-refractivity contribution in [1.29, 1.82) is 0 Å². The van der Waals surface area contributed by atoms with E-state index in [-0.39, 0.29) is 14.9 Å². The first-order valence-corrected chi connectivity index (χ1v) is 10.6.